The molecular formula is C14H19N2. The molecular weight excluding hydrogens is 196 g/mol. The molecule has 0 aromatic rings. The van der Waals surface area contributed by atoms with Crippen LogP contribution in [0.15, 0.2) is 22.0 Å². The molecule has 0 aromatic heterocycles. The second kappa shape index (κ2) is 2.96. The molecule has 85 valence electrons. The molecule has 0 atom stereocenters. The van der Waals surface area contributed by atoms with Crippen molar-refractivity contribution in [3.05, 3.63) is 17.8 Å². The van der Waals surface area contributed by atoms with Gasteiger partial charge >= 0.3 is 0 Å². The minimum atomic E-state index is 0.440. The number of hydrogen-bond acceptors (Lipinski definition) is 2. The quantitative estimate of drug-likeness (QED) is 0.629. The summed E-state index contributed by atoms with van der Waals surface area (Å²) >= 11 is 0. The summed E-state index contributed by atoms with van der Waals surface area (Å²) in [7, 11) is 0. The molecule has 4 aliphatic carbocycles. The second-order valence-corrected chi connectivity index (χ2v) is 6.57. The molecule has 2 nitrogen and oxygen atoms in total. The predicted molar refractivity (Wildman–Crippen MR) is 62.5 cm³/mol. The van der Waals surface area contributed by atoms with Crippen molar-refractivity contribution in [2.45, 2.75) is 45.4 Å². The van der Waals surface area contributed by atoms with E-state index in [9.17, 15) is 0 Å². The van der Waals surface area contributed by atoms with Crippen LogP contribution in [0.1, 0.15) is 45.4 Å². The van der Waals surface area contributed by atoms with Crippen LogP contribution in [0.2, 0.25) is 0 Å². The Balaban J connectivity index is 1.69. The third kappa shape index (κ3) is 1.19. The minimum absolute atomic E-state index is 0.440. The Morgan fingerprint density at radius 2 is 1.56 bits per heavy atom. The smallest absolute Gasteiger partial charge is 0.139 e. The number of allylic oxidation sites excluding steroid dienone is 1. The van der Waals surface area contributed by atoms with Gasteiger partial charge in [0.05, 0.1) is 5.70 Å². The van der Waals surface area contributed by atoms with E-state index in [1.807, 2.05) is 0 Å². The zero-order valence-corrected chi connectivity index (χ0v) is 9.95. The highest BCUT2D eigenvalue weighted by molar-refractivity contribution is 5.27. The Labute approximate surface area is 97.2 Å². The largest absolute Gasteiger partial charge is 0.174 e. The number of hydrogen-bond donors (Lipinski definition) is 0. The maximum atomic E-state index is 4.46. The van der Waals surface area contributed by atoms with Gasteiger partial charge in [-0.05, 0) is 69.3 Å². The Morgan fingerprint density at radius 1 is 1.00 bits per heavy atom. The normalized spacial score (nSPS) is 50.1. The lowest BCUT2D eigenvalue weighted by Gasteiger charge is -2.57. The molecule has 1 radical (unpaired) electrons. The summed E-state index contributed by atoms with van der Waals surface area (Å²) in [5.74, 6) is 3.01. The third-order valence-corrected chi connectivity index (χ3v) is 5.24. The third-order valence-electron chi connectivity index (χ3n) is 5.24. The summed E-state index contributed by atoms with van der Waals surface area (Å²) in [4.78, 5) is 0. The molecule has 1 heterocycles. The number of rotatable bonds is 1. The van der Waals surface area contributed by atoms with Crippen molar-refractivity contribution < 1.29 is 0 Å². The van der Waals surface area contributed by atoms with Crippen molar-refractivity contribution in [3.8, 4) is 0 Å². The summed E-state index contributed by atoms with van der Waals surface area (Å²) < 4.78 is 0. The summed E-state index contributed by atoms with van der Waals surface area (Å²) in [6.45, 7) is 2.07. The van der Waals surface area contributed by atoms with Crippen LogP contribution in [0.5, 0.6) is 0 Å². The molecule has 0 unspecified atom stereocenters. The molecule has 5 aliphatic rings. The summed E-state index contributed by atoms with van der Waals surface area (Å²) in [5.41, 5.74) is 1.54. The first-order valence-electron chi connectivity index (χ1n) is 6.71. The molecule has 0 spiro atoms. The van der Waals surface area contributed by atoms with Crippen molar-refractivity contribution in [1.82, 2.24) is 0 Å². The minimum Gasteiger partial charge on any atom is -0.174 e. The molecule has 5 rings (SSSR count). The van der Waals surface area contributed by atoms with E-state index in [1.54, 1.807) is 0 Å². The maximum absolute atomic E-state index is 4.46. The first-order valence-corrected chi connectivity index (χ1v) is 6.71. The van der Waals surface area contributed by atoms with Crippen LogP contribution < -0.4 is 0 Å². The Bertz CT molecular complexity index is 345. The van der Waals surface area contributed by atoms with Crippen LogP contribution in [0.25, 0.3) is 0 Å². The highest BCUT2D eigenvalue weighted by atomic mass is 15.2. The van der Waals surface area contributed by atoms with Crippen LogP contribution in [-0.2, 0) is 0 Å². The lowest BCUT2D eigenvalue weighted by molar-refractivity contribution is -0.0407. The fourth-order valence-corrected chi connectivity index (χ4v) is 5.07. The van der Waals surface area contributed by atoms with Crippen LogP contribution >= 0.6 is 0 Å². The van der Waals surface area contributed by atoms with Gasteiger partial charge < -0.3 is 0 Å². The molecule has 0 N–H and O–H groups in total. The van der Waals surface area contributed by atoms with E-state index in [0.29, 0.717) is 5.41 Å². The lowest BCUT2D eigenvalue weighted by atomic mass is 9.48. The number of nitrogens with zero attached hydrogens (tertiary/aromatic N) is 2. The van der Waals surface area contributed by atoms with Crippen LogP contribution in [0.3, 0.4) is 0 Å². The van der Waals surface area contributed by atoms with Gasteiger partial charge in [0.1, 0.15) is 6.04 Å². The standard InChI is InChI=1S/C14H19N2/c1-9-2-13(16-15-9)14-6-10-3-11(7-14)5-12(4-10)8-14/h2,10-12H,3-8H2,1H3. The molecule has 0 amide bonds. The van der Waals surface area contributed by atoms with Gasteiger partial charge in [0.15, 0.2) is 0 Å². The average molecular weight is 215 g/mol. The van der Waals surface area contributed by atoms with Gasteiger partial charge in [-0.2, -0.15) is 10.2 Å². The Morgan fingerprint density at radius 3 is 2.00 bits per heavy atom. The van der Waals surface area contributed by atoms with E-state index >= 15 is 0 Å². The van der Waals surface area contributed by atoms with Gasteiger partial charge in [0.2, 0.25) is 0 Å². The van der Waals surface area contributed by atoms with E-state index in [1.165, 1.54) is 44.6 Å². The topological polar surface area (TPSA) is 24.7 Å². The highest BCUT2D eigenvalue weighted by Gasteiger charge is 2.54. The molecule has 0 aromatic carbocycles. The van der Waals surface area contributed by atoms with E-state index < -0.39 is 0 Å². The first-order chi connectivity index (χ1) is 7.73. The van der Waals surface area contributed by atoms with Gasteiger partial charge in [-0.1, -0.05) is 0 Å². The van der Waals surface area contributed by atoms with Gasteiger partial charge in [0.25, 0.3) is 0 Å². The zero-order valence-electron chi connectivity index (χ0n) is 9.95. The monoisotopic (exact) mass is 215 g/mol. The van der Waals surface area contributed by atoms with Crippen LogP contribution in [-0.4, -0.2) is 0 Å². The SMILES string of the molecule is CC1=C[C](C23CC4CC(CC(C4)C2)C3)N=N1. The Hall–Kier alpha value is -0.660. The van der Waals surface area contributed by atoms with E-state index in [0.717, 1.165) is 23.5 Å². The van der Waals surface area contributed by atoms with Gasteiger partial charge in [-0.3, -0.25) is 0 Å². The van der Waals surface area contributed by atoms with Gasteiger partial charge in [-0.25, -0.2) is 0 Å². The van der Waals surface area contributed by atoms with Crippen molar-refractivity contribution in [2.24, 2.45) is 33.4 Å². The molecule has 4 bridgehead atoms. The fraction of sp³-hybridized carbons (Fsp3) is 0.786. The average Bonchev–Trinajstić information content (AvgIpc) is 2.63. The fourth-order valence-electron chi connectivity index (χ4n) is 5.07. The van der Waals surface area contributed by atoms with Gasteiger partial charge in [0, 0.05) is 5.41 Å². The van der Waals surface area contributed by atoms with Crippen molar-refractivity contribution >= 4 is 0 Å². The van der Waals surface area contributed by atoms with Crippen LogP contribution in [0.4, 0.5) is 0 Å². The van der Waals surface area contributed by atoms with Crippen molar-refractivity contribution in [1.29, 1.82) is 0 Å². The van der Waals surface area contributed by atoms with E-state index in [2.05, 4.69) is 23.2 Å². The molecule has 4 saturated carbocycles. The zero-order chi connectivity index (χ0) is 10.8. The second-order valence-electron chi connectivity index (χ2n) is 6.57. The summed E-state index contributed by atoms with van der Waals surface area (Å²) in [6, 6.07) is 1.32. The van der Waals surface area contributed by atoms with Gasteiger partial charge in [-0.15, -0.1) is 0 Å². The van der Waals surface area contributed by atoms with Crippen molar-refractivity contribution in [2.75, 3.05) is 0 Å². The molecule has 4 fully saturated rings. The molecule has 16 heavy (non-hydrogen) atoms. The predicted octanol–water partition coefficient (Wildman–Crippen LogP) is 4.10. The van der Waals surface area contributed by atoms with Crippen LogP contribution in [0, 0.1) is 29.2 Å². The highest BCUT2D eigenvalue weighted by Crippen LogP contribution is 2.64. The lowest BCUT2D eigenvalue weighted by Crippen LogP contribution is -2.48. The Kier molecular flexibility index (Phi) is 1.74. The maximum Gasteiger partial charge on any atom is 0.139 e. The molecule has 0 saturated heterocycles. The number of azo groups is 1. The first kappa shape index (κ1) is 9.38. The molecule has 1 aliphatic heterocycles. The van der Waals surface area contributed by atoms with E-state index in [-0.39, 0.29) is 0 Å². The summed E-state index contributed by atoms with van der Waals surface area (Å²) in [5, 5.41) is 8.68. The summed E-state index contributed by atoms with van der Waals surface area (Å²) in [6.07, 6.45) is 11.0. The molecule has 2 heteroatoms. The van der Waals surface area contributed by atoms with E-state index in [4.69, 9.17) is 0 Å². The van der Waals surface area contributed by atoms with Crippen molar-refractivity contribution in [3.63, 3.8) is 0 Å².